The van der Waals surface area contributed by atoms with Crippen LogP contribution in [0.25, 0.3) is 0 Å². The first-order chi connectivity index (χ1) is 7.63. The molecule has 0 atom stereocenters. The van der Waals surface area contributed by atoms with Gasteiger partial charge in [0.25, 0.3) is 0 Å². The summed E-state index contributed by atoms with van der Waals surface area (Å²) in [6.07, 6.45) is 0.487. The second kappa shape index (κ2) is 6.89. The summed E-state index contributed by atoms with van der Waals surface area (Å²) in [5, 5.41) is 6.45. The third-order valence-corrected chi connectivity index (χ3v) is 3.35. The number of amides is 1. The minimum atomic E-state index is 0.0429. The van der Waals surface area contributed by atoms with Crippen molar-refractivity contribution in [3.8, 4) is 0 Å². The average Bonchev–Trinajstić information content (AvgIpc) is 2.28. The molecule has 1 amide bonds. The van der Waals surface area contributed by atoms with Gasteiger partial charge in [0, 0.05) is 31.0 Å². The Morgan fingerprint density at radius 2 is 2.25 bits per heavy atom. The third kappa shape index (κ3) is 4.51. The number of carbonyl (C=O) groups excluding carboxylic acids is 1. The van der Waals surface area contributed by atoms with Crippen molar-refractivity contribution in [3.63, 3.8) is 0 Å². The molecule has 3 nitrogen and oxygen atoms in total. The van der Waals surface area contributed by atoms with E-state index in [4.69, 9.17) is 11.6 Å². The first-order valence-corrected chi connectivity index (χ1v) is 6.16. The van der Waals surface area contributed by atoms with Crippen LogP contribution in [0.15, 0.2) is 22.7 Å². The first kappa shape index (κ1) is 13.5. The number of benzene rings is 1. The molecular formula is C11H14BrClN2O. The van der Waals surface area contributed by atoms with Gasteiger partial charge in [-0.25, -0.2) is 0 Å². The fourth-order valence-corrected chi connectivity index (χ4v) is 1.66. The normalized spacial score (nSPS) is 10.2. The van der Waals surface area contributed by atoms with Gasteiger partial charge in [0.05, 0.1) is 5.02 Å². The predicted octanol–water partition coefficient (Wildman–Crippen LogP) is 2.33. The highest BCUT2D eigenvalue weighted by Gasteiger charge is 2.00. The van der Waals surface area contributed by atoms with Gasteiger partial charge in [-0.1, -0.05) is 17.7 Å². The largest absolute Gasteiger partial charge is 0.359 e. The Balaban J connectivity index is 2.32. The highest BCUT2D eigenvalue weighted by atomic mass is 79.9. The van der Waals surface area contributed by atoms with E-state index in [1.54, 1.807) is 7.05 Å². The molecule has 5 heteroatoms. The van der Waals surface area contributed by atoms with Crippen molar-refractivity contribution in [2.75, 3.05) is 13.6 Å². The predicted molar refractivity (Wildman–Crippen MR) is 69.5 cm³/mol. The summed E-state index contributed by atoms with van der Waals surface area (Å²) in [5.74, 6) is 0.0429. The van der Waals surface area contributed by atoms with Crippen LogP contribution >= 0.6 is 27.5 Å². The molecule has 0 aromatic heterocycles. The van der Waals surface area contributed by atoms with Crippen LogP contribution in [0.2, 0.25) is 5.02 Å². The molecule has 0 aliphatic heterocycles. The fourth-order valence-electron chi connectivity index (χ4n) is 1.21. The van der Waals surface area contributed by atoms with E-state index >= 15 is 0 Å². The summed E-state index contributed by atoms with van der Waals surface area (Å²) in [4.78, 5) is 10.9. The molecule has 0 saturated carbocycles. The van der Waals surface area contributed by atoms with E-state index in [1.807, 2.05) is 18.2 Å². The van der Waals surface area contributed by atoms with Gasteiger partial charge in [0.1, 0.15) is 0 Å². The van der Waals surface area contributed by atoms with Gasteiger partial charge in [0.15, 0.2) is 0 Å². The third-order valence-electron chi connectivity index (χ3n) is 2.12. The van der Waals surface area contributed by atoms with Crippen LogP contribution in [-0.4, -0.2) is 19.5 Å². The Labute approximate surface area is 109 Å². The minimum absolute atomic E-state index is 0.0429. The van der Waals surface area contributed by atoms with Crippen molar-refractivity contribution < 1.29 is 4.79 Å². The van der Waals surface area contributed by atoms with E-state index in [-0.39, 0.29) is 5.91 Å². The molecule has 0 radical (unpaired) electrons. The molecule has 1 rings (SSSR count). The Bertz CT molecular complexity index is 371. The summed E-state index contributed by atoms with van der Waals surface area (Å²) in [7, 11) is 1.64. The smallest absolute Gasteiger partial charge is 0.221 e. The van der Waals surface area contributed by atoms with Crippen molar-refractivity contribution in [2.45, 2.75) is 13.0 Å². The van der Waals surface area contributed by atoms with Gasteiger partial charge in [-0.15, -0.1) is 0 Å². The zero-order chi connectivity index (χ0) is 12.0. The van der Waals surface area contributed by atoms with E-state index in [1.165, 1.54) is 0 Å². The summed E-state index contributed by atoms with van der Waals surface area (Å²) < 4.78 is 0.892. The molecule has 1 aromatic rings. The maximum atomic E-state index is 10.9. The van der Waals surface area contributed by atoms with Crippen LogP contribution < -0.4 is 10.6 Å². The molecule has 0 spiro atoms. The molecule has 0 heterocycles. The van der Waals surface area contributed by atoms with Crippen molar-refractivity contribution in [2.24, 2.45) is 0 Å². The van der Waals surface area contributed by atoms with Crippen LogP contribution in [0.1, 0.15) is 12.0 Å². The Morgan fingerprint density at radius 1 is 1.50 bits per heavy atom. The average molecular weight is 306 g/mol. The molecule has 0 saturated heterocycles. The van der Waals surface area contributed by atoms with E-state index < -0.39 is 0 Å². The molecule has 88 valence electrons. The number of nitrogens with one attached hydrogen (secondary N) is 2. The quantitative estimate of drug-likeness (QED) is 0.820. The van der Waals surface area contributed by atoms with Gasteiger partial charge in [-0.05, 0) is 33.6 Å². The SMILES string of the molecule is CNC(=O)CCNCc1ccc(Br)c(Cl)c1. The first-order valence-electron chi connectivity index (χ1n) is 4.98. The second-order valence-corrected chi connectivity index (χ2v) is 4.61. The fraction of sp³-hybridized carbons (Fsp3) is 0.364. The summed E-state index contributed by atoms with van der Waals surface area (Å²) >= 11 is 9.30. The maximum Gasteiger partial charge on any atom is 0.221 e. The highest BCUT2D eigenvalue weighted by Crippen LogP contribution is 2.22. The molecule has 0 fully saturated rings. The van der Waals surface area contributed by atoms with Crippen LogP contribution in [0, 0.1) is 0 Å². The molecule has 16 heavy (non-hydrogen) atoms. The maximum absolute atomic E-state index is 10.9. The Hall–Kier alpha value is -0.580. The van der Waals surface area contributed by atoms with E-state index in [0.29, 0.717) is 24.5 Å². The molecule has 2 N–H and O–H groups in total. The van der Waals surface area contributed by atoms with Crippen molar-refractivity contribution in [3.05, 3.63) is 33.3 Å². The highest BCUT2D eigenvalue weighted by molar-refractivity contribution is 9.10. The number of halogens is 2. The number of hydrogen-bond donors (Lipinski definition) is 2. The van der Waals surface area contributed by atoms with Crippen molar-refractivity contribution in [1.29, 1.82) is 0 Å². The molecule has 1 aromatic carbocycles. The molecule has 0 unspecified atom stereocenters. The van der Waals surface area contributed by atoms with Gasteiger partial charge >= 0.3 is 0 Å². The molecular weight excluding hydrogens is 291 g/mol. The molecule has 0 bridgehead atoms. The van der Waals surface area contributed by atoms with Crippen LogP contribution in [0.5, 0.6) is 0 Å². The topological polar surface area (TPSA) is 41.1 Å². The monoisotopic (exact) mass is 304 g/mol. The van der Waals surface area contributed by atoms with Crippen LogP contribution in [0.3, 0.4) is 0 Å². The minimum Gasteiger partial charge on any atom is -0.359 e. The van der Waals surface area contributed by atoms with E-state index in [9.17, 15) is 4.79 Å². The lowest BCUT2D eigenvalue weighted by Crippen LogP contribution is -2.24. The lowest BCUT2D eigenvalue weighted by atomic mass is 10.2. The van der Waals surface area contributed by atoms with Crippen LogP contribution in [-0.2, 0) is 11.3 Å². The van der Waals surface area contributed by atoms with E-state index in [2.05, 4.69) is 26.6 Å². The zero-order valence-corrected chi connectivity index (χ0v) is 11.4. The van der Waals surface area contributed by atoms with Gasteiger partial charge < -0.3 is 10.6 Å². The second-order valence-electron chi connectivity index (χ2n) is 3.35. The Morgan fingerprint density at radius 3 is 2.88 bits per heavy atom. The van der Waals surface area contributed by atoms with Crippen LogP contribution in [0.4, 0.5) is 0 Å². The summed E-state index contributed by atoms with van der Waals surface area (Å²) in [6, 6.07) is 5.81. The van der Waals surface area contributed by atoms with Crippen molar-refractivity contribution in [1.82, 2.24) is 10.6 Å². The number of rotatable bonds is 5. The Kier molecular flexibility index (Phi) is 5.80. The number of hydrogen-bond acceptors (Lipinski definition) is 2. The zero-order valence-electron chi connectivity index (χ0n) is 9.02. The lowest BCUT2D eigenvalue weighted by Gasteiger charge is -2.05. The molecule has 0 aliphatic carbocycles. The lowest BCUT2D eigenvalue weighted by molar-refractivity contribution is -0.120. The standard InChI is InChI=1S/C11H14BrClN2O/c1-14-11(16)4-5-15-7-8-2-3-9(12)10(13)6-8/h2-3,6,15H,4-5,7H2,1H3,(H,14,16). The van der Waals surface area contributed by atoms with Gasteiger partial charge in [0.2, 0.25) is 5.91 Å². The summed E-state index contributed by atoms with van der Waals surface area (Å²) in [6.45, 7) is 1.37. The van der Waals surface area contributed by atoms with Gasteiger partial charge in [-0.3, -0.25) is 4.79 Å². The van der Waals surface area contributed by atoms with Crippen molar-refractivity contribution >= 4 is 33.4 Å². The summed E-state index contributed by atoms with van der Waals surface area (Å²) in [5.41, 5.74) is 1.10. The number of carbonyl (C=O) groups is 1. The molecule has 0 aliphatic rings. The van der Waals surface area contributed by atoms with Gasteiger partial charge in [-0.2, -0.15) is 0 Å². The van der Waals surface area contributed by atoms with E-state index in [0.717, 1.165) is 10.0 Å².